The molecule has 4 rings (SSSR count). The van der Waals surface area contributed by atoms with Crippen LogP contribution in [0.5, 0.6) is 0 Å². The second-order valence-electron chi connectivity index (χ2n) is 7.24. The van der Waals surface area contributed by atoms with Crippen molar-refractivity contribution in [2.75, 3.05) is 19.6 Å². The van der Waals surface area contributed by atoms with E-state index in [9.17, 15) is 0 Å². The van der Waals surface area contributed by atoms with Gasteiger partial charge in [-0.1, -0.05) is 71.2 Å². The normalized spacial score (nSPS) is 14.8. The molecule has 148 valence electrons. The third-order valence-corrected chi connectivity index (χ3v) is 6.04. The molecule has 2 heterocycles. The van der Waals surface area contributed by atoms with E-state index in [0.29, 0.717) is 5.15 Å². The molecule has 0 saturated carbocycles. The second kappa shape index (κ2) is 9.32. The zero-order valence-corrected chi connectivity index (χ0v) is 18.1. The van der Waals surface area contributed by atoms with Crippen LogP contribution in [-0.4, -0.2) is 29.5 Å². The quantitative estimate of drug-likeness (QED) is 0.396. The minimum atomic E-state index is 0.253. The number of hydrogen-bond acceptors (Lipinski definition) is 2. The van der Waals surface area contributed by atoms with E-state index < -0.39 is 0 Å². The number of aromatic nitrogens is 1. The summed E-state index contributed by atoms with van der Waals surface area (Å²) in [5.41, 5.74) is 4.74. The molecule has 0 bridgehead atoms. The Morgan fingerprint density at radius 3 is 1.97 bits per heavy atom. The molecule has 2 nitrogen and oxygen atoms in total. The van der Waals surface area contributed by atoms with Crippen LogP contribution in [0.25, 0.3) is 5.57 Å². The van der Waals surface area contributed by atoms with Gasteiger partial charge in [-0.3, -0.25) is 4.90 Å². The highest BCUT2D eigenvalue weighted by Gasteiger charge is 2.21. The van der Waals surface area contributed by atoms with Crippen LogP contribution in [0, 0.1) is 0 Å². The van der Waals surface area contributed by atoms with Gasteiger partial charge in [0.2, 0.25) is 0 Å². The Balaban J connectivity index is 1.54. The van der Waals surface area contributed by atoms with Gasteiger partial charge in [0.15, 0.2) is 0 Å². The van der Waals surface area contributed by atoms with Crippen LogP contribution >= 0.6 is 34.8 Å². The first kappa shape index (κ1) is 20.4. The van der Waals surface area contributed by atoms with Crippen molar-refractivity contribution in [1.82, 2.24) is 9.88 Å². The van der Waals surface area contributed by atoms with Crippen molar-refractivity contribution in [3.8, 4) is 0 Å². The molecule has 1 aromatic heterocycles. The Morgan fingerprint density at radius 2 is 1.45 bits per heavy atom. The van der Waals surface area contributed by atoms with Gasteiger partial charge in [0.05, 0.1) is 5.69 Å². The lowest BCUT2D eigenvalue weighted by atomic mass is 9.90. The molecule has 1 aliphatic rings. The van der Waals surface area contributed by atoms with Gasteiger partial charge in [-0.15, -0.1) is 0 Å². The van der Waals surface area contributed by atoms with Crippen LogP contribution in [0.3, 0.4) is 0 Å². The van der Waals surface area contributed by atoms with Gasteiger partial charge >= 0.3 is 0 Å². The summed E-state index contributed by atoms with van der Waals surface area (Å²) in [6.07, 6.45) is 3.23. The third-order valence-electron chi connectivity index (χ3n) is 5.32. The summed E-state index contributed by atoms with van der Waals surface area (Å²) in [5, 5.41) is 2.04. The van der Waals surface area contributed by atoms with E-state index in [1.54, 1.807) is 0 Å². The molecule has 0 aliphatic carbocycles. The van der Waals surface area contributed by atoms with E-state index in [1.807, 2.05) is 42.5 Å². The molecule has 0 spiro atoms. The smallest absolute Gasteiger partial charge is 0.129 e. The summed E-state index contributed by atoms with van der Waals surface area (Å²) in [6.45, 7) is 2.80. The van der Waals surface area contributed by atoms with Gasteiger partial charge in [-0.25, -0.2) is 4.98 Å². The molecule has 0 atom stereocenters. The first-order valence-corrected chi connectivity index (χ1v) is 10.8. The van der Waals surface area contributed by atoms with Crippen LogP contribution in [0.4, 0.5) is 0 Å². The summed E-state index contributed by atoms with van der Waals surface area (Å²) in [7, 11) is 0. The number of rotatable bonds is 5. The lowest BCUT2D eigenvalue weighted by Crippen LogP contribution is -2.33. The van der Waals surface area contributed by atoms with Crippen molar-refractivity contribution in [2.24, 2.45) is 0 Å². The minimum Gasteiger partial charge on any atom is -0.298 e. The molecule has 5 heteroatoms. The van der Waals surface area contributed by atoms with E-state index >= 15 is 0 Å². The lowest BCUT2D eigenvalue weighted by Gasteiger charge is -2.30. The van der Waals surface area contributed by atoms with Crippen LogP contribution in [0.1, 0.15) is 29.2 Å². The highest BCUT2D eigenvalue weighted by Crippen LogP contribution is 2.30. The predicted octanol–water partition coefficient (Wildman–Crippen LogP) is 6.96. The largest absolute Gasteiger partial charge is 0.298 e. The maximum absolute atomic E-state index is 6.11. The number of halogens is 3. The SMILES string of the molecule is Clc1ccc(C(CN2CC=C(c3cccc(Cl)n3)CC2)c2ccc(Cl)cc2)cc1. The average molecular weight is 444 g/mol. The predicted molar refractivity (Wildman–Crippen MR) is 123 cm³/mol. The maximum Gasteiger partial charge on any atom is 0.129 e. The fourth-order valence-corrected chi connectivity index (χ4v) is 4.16. The van der Waals surface area contributed by atoms with Gasteiger partial charge in [0.1, 0.15) is 5.15 Å². The average Bonchev–Trinajstić information content (AvgIpc) is 2.74. The first-order chi connectivity index (χ1) is 14.1. The second-order valence-corrected chi connectivity index (χ2v) is 8.50. The minimum absolute atomic E-state index is 0.253. The van der Waals surface area contributed by atoms with Crippen molar-refractivity contribution >= 4 is 40.4 Å². The number of benzene rings is 2. The Kier molecular flexibility index (Phi) is 6.56. The van der Waals surface area contributed by atoms with E-state index in [1.165, 1.54) is 16.7 Å². The molecule has 3 aromatic rings. The highest BCUT2D eigenvalue weighted by molar-refractivity contribution is 6.31. The molecule has 0 unspecified atom stereocenters. The fraction of sp³-hybridized carbons (Fsp3) is 0.208. The van der Waals surface area contributed by atoms with Crippen LogP contribution < -0.4 is 0 Å². The zero-order chi connectivity index (χ0) is 20.2. The van der Waals surface area contributed by atoms with Crippen molar-refractivity contribution in [3.05, 3.63) is 105 Å². The molecule has 2 aromatic carbocycles. The van der Waals surface area contributed by atoms with E-state index in [-0.39, 0.29) is 5.92 Å². The van der Waals surface area contributed by atoms with E-state index in [4.69, 9.17) is 34.8 Å². The van der Waals surface area contributed by atoms with Crippen LogP contribution in [0.2, 0.25) is 15.2 Å². The molecule has 0 saturated heterocycles. The number of hydrogen-bond donors (Lipinski definition) is 0. The molecule has 1 aliphatic heterocycles. The van der Waals surface area contributed by atoms with Crippen molar-refractivity contribution in [1.29, 1.82) is 0 Å². The van der Waals surface area contributed by atoms with Gasteiger partial charge < -0.3 is 0 Å². The zero-order valence-electron chi connectivity index (χ0n) is 15.9. The summed E-state index contributed by atoms with van der Waals surface area (Å²) in [6, 6.07) is 22.1. The van der Waals surface area contributed by atoms with Crippen LogP contribution in [-0.2, 0) is 0 Å². The summed E-state index contributed by atoms with van der Waals surface area (Å²) < 4.78 is 0. The van der Waals surface area contributed by atoms with Crippen molar-refractivity contribution in [2.45, 2.75) is 12.3 Å². The standard InChI is InChI=1S/C24H21Cl3N2/c25-20-8-4-17(5-9-20)22(18-6-10-21(26)11-7-18)16-29-14-12-19(13-15-29)23-2-1-3-24(27)28-23/h1-12,22H,13-16H2. The topological polar surface area (TPSA) is 16.1 Å². The summed E-state index contributed by atoms with van der Waals surface area (Å²) in [4.78, 5) is 6.92. The van der Waals surface area contributed by atoms with Gasteiger partial charge in [0.25, 0.3) is 0 Å². The highest BCUT2D eigenvalue weighted by atomic mass is 35.5. The summed E-state index contributed by atoms with van der Waals surface area (Å²) in [5.74, 6) is 0.253. The first-order valence-electron chi connectivity index (χ1n) is 9.64. The molecule has 0 amide bonds. The summed E-state index contributed by atoms with van der Waals surface area (Å²) >= 11 is 18.3. The molecular formula is C24H21Cl3N2. The fourth-order valence-electron chi connectivity index (χ4n) is 3.75. The Morgan fingerprint density at radius 1 is 0.828 bits per heavy atom. The lowest BCUT2D eigenvalue weighted by molar-refractivity contribution is 0.292. The van der Waals surface area contributed by atoms with E-state index in [0.717, 1.165) is 41.8 Å². The van der Waals surface area contributed by atoms with E-state index in [2.05, 4.69) is 40.2 Å². The van der Waals surface area contributed by atoms with Gasteiger partial charge in [0, 0.05) is 35.6 Å². The van der Waals surface area contributed by atoms with Crippen molar-refractivity contribution in [3.63, 3.8) is 0 Å². The molecular weight excluding hydrogens is 423 g/mol. The Labute approximate surface area is 186 Å². The number of nitrogens with zero attached hydrogens (tertiary/aromatic N) is 2. The Hall–Kier alpha value is -1.84. The monoisotopic (exact) mass is 442 g/mol. The Bertz CT molecular complexity index is 952. The third kappa shape index (κ3) is 5.21. The molecule has 0 N–H and O–H groups in total. The maximum atomic E-state index is 6.11. The molecule has 0 fully saturated rings. The van der Waals surface area contributed by atoms with Crippen LogP contribution in [0.15, 0.2) is 72.8 Å². The molecule has 0 radical (unpaired) electrons. The number of pyridine rings is 1. The molecule has 29 heavy (non-hydrogen) atoms. The van der Waals surface area contributed by atoms with Gasteiger partial charge in [-0.05, 0) is 59.5 Å². The van der Waals surface area contributed by atoms with Gasteiger partial charge in [-0.2, -0.15) is 0 Å². The van der Waals surface area contributed by atoms with Crippen molar-refractivity contribution < 1.29 is 0 Å².